The van der Waals surface area contributed by atoms with E-state index in [1.807, 2.05) is 7.05 Å². The summed E-state index contributed by atoms with van der Waals surface area (Å²) in [5.74, 6) is 0. The van der Waals surface area contributed by atoms with E-state index in [1.54, 1.807) is 0 Å². The zero-order valence-corrected chi connectivity index (χ0v) is 15.3. The molecule has 3 rings (SSSR count). The fourth-order valence-corrected chi connectivity index (χ4v) is 5.94. The molecule has 3 heteroatoms. The molecule has 24 heavy (non-hydrogen) atoms. The molecule has 0 heterocycles. The maximum atomic E-state index is 5.35. The number of hydrogen-bond donors (Lipinski definition) is 1. The summed E-state index contributed by atoms with van der Waals surface area (Å²) in [6, 6.07) is 27.5. The minimum Gasteiger partial charge on any atom is -0.499 e. The van der Waals surface area contributed by atoms with E-state index in [-0.39, 0.29) is 0 Å². The second kappa shape index (κ2) is 7.17. The molecule has 0 aliphatic carbocycles. The zero-order chi connectivity index (χ0) is 17.0. The number of hydrogen-bond acceptors (Lipinski definition) is 1. The fourth-order valence-electron chi connectivity index (χ4n) is 2.97. The molecule has 0 bridgehead atoms. The Morgan fingerprint density at radius 1 is 0.667 bits per heavy atom. The Balaban J connectivity index is 2.19. The van der Waals surface area contributed by atoms with Crippen LogP contribution in [0, 0.1) is 13.8 Å². The van der Waals surface area contributed by atoms with Gasteiger partial charge in [0.15, 0.2) is 0 Å². The smallest absolute Gasteiger partial charge is 0.107 e. The van der Waals surface area contributed by atoms with Crippen LogP contribution in [0.15, 0.2) is 78.9 Å². The predicted octanol–water partition coefficient (Wildman–Crippen LogP) is 5.03. The lowest BCUT2D eigenvalue weighted by Crippen LogP contribution is -2.30. The van der Waals surface area contributed by atoms with Gasteiger partial charge in [-0.3, -0.25) is 0 Å². The second-order valence-electron chi connectivity index (χ2n) is 5.87. The largest absolute Gasteiger partial charge is 0.499 e. The third-order valence-corrected chi connectivity index (χ3v) is 7.51. The van der Waals surface area contributed by atoms with Crippen molar-refractivity contribution in [1.82, 2.24) is 5.09 Å². The zero-order valence-electron chi connectivity index (χ0n) is 14.4. The normalized spacial score (nSPS) is 11.3. The van der Waals surface area contributed by atoms with Crippen LogP contribution in [-0.2, 0) is 0 Å². The number of nitrogens with zero attached hydrogens (tertiary/aromatic N) is 1. The molecular weight excluding hydrogens is 311 g/mol. The average molecular weight is 334 g/mol. The number of aryl methyl sites for hydroxylation is 2. The van der Waals surface area contributed by atoms with Gasteiger partial charge in [0.05, 0.1) is 7.56 Å². The van der Waals surface area contributed by atoms with Crippen LogP contribution in [0.2, 0.25) is 0 Å². The van der Waals surface area contributed by atoms with Gasteiger partial charge in [-0.05, 0) is 38.1 Å². The molecule has 0 spiro atoms. The molecule has 0 unspecified atom stereocenters. The van der Waals surface area contributed by atoms with E-state index >= 15 is 0 Å². The summed E-state index contributed by atoms with van der Waals surface area (Å²) in [4.78, 5) is 0. The molecule has 0 amide bonds. The first kappa shape index (κ1) is 16.7. The van der Waals surface area contributed by atoms with Crippen LogP contribution in [0.5, 0.6) is 0 Å². The highest BCUT2D eigenvalue weighted by Gasteiger charge is 2.33. The lowest BCUT2D eigenvalue weighted by Gasteiger charge is -2.39. The number of rotatable bonds is 5. The van der Waals surface area contributed by atoms with E-state index in [9.17, 15) is 0 Å². The van der Waals surface area contributed by atoms with Gasteiger partial charge in [-0.15, -0.1) is 5.69 Å². The lowest BCUT2D eigenvalue weighted by molar-refractivity contribution is 1.25. The Morgan fingerprint density at radius 3 is 1.54 bits per heavy atom. The molecule has 0 fully saturated rings. The summed E-state index contributed by atoms with van der Waals surface area (Å²) in [5.41, 5.74) is 3.51. The van der Waals surface area contributed by atoms with E-state index < -0.39 is 7.56 Å². The van der Waals surface area contributed by atoms with Crippen LogP contribution in [0.4, 0.5) is 5.69 Å². The molecule has 122 valence electrons. The molecule has 3 aromatic rings. The van der Waals surface area contributed by atoms with Crippen LogP contribution >= 0.6 is 7.56 Å². The molecular formula is C21H23N2P. The minimum atomic E-state index is -2.08. The first-order valence-electron chi connectivity index (χ1n) is 8.16. The highest BCUT2D eigenvalue weighted by molar-refractivity contribution is 7.90. The van der Waals surface area contributed by atoms with Crippen molar-refractivity contribution in [3.05, 3.63) is 95.1 Å². The summed E-state index contributed by atoms with van der Waals surface area (Å²) in [5, 5.41) is 11.4. The van der Waals surface area contributed by atoms with Crippen molar-refractivity contribution in [1.29, 1.82) is 0 Å². The fraction of sp³-hybridized carbons (Fsp3) is 0.143. The van der Waals surface area contributed by atoms with Crippen molar-refractivity contribution < 1.29 is 0 Å². The highest BCUT2D eigenvalue weighted by Crippen LogP contribution is 2.62. The van der Waals surface area contributed by atoms with Crippen LogP contribution in [0.25, 0.3) is 5.09 Å². The van der Waals surface area contributed by atoms with Crippen LogP contribution in [0.1, 0.15) is 11.1 Å². The summed E-state index contributed by atoms with van der Waals surface area (Å²) in [7, 11) is -0.0638. The molecule has 0 aromatic heterocycles. The first-order valence-corrected chi connectivity index (χ1v) is 9.90. The summed E-state index contributed by atoms with van der Waals surface area (Å²) >= 11 is 0. The van der Waals surface area contributed by atoms with Gasteiger partial charge in [0.25, 0.3) is 0 Å². The first-order chi connectivity index (χ1) is 11.7. The lowest BCUT2D eigenvalue weighted by atomic mass is 10.1. The van der Waals surface area contributed by atoms with Crippen molar-refractivity contribution in [3.63, 3.8) is 0 Å². The molecule has 0 atom stereocenters. The summed E-state index contributed by atoms with van der Waals surface area (Å²) in [6.07, 6.45) is 0. The van der Waals surface area contributed by atoms with Gasteiger partial charge in [0, 0.05) is 7.05 Å². The van der Waals surface area contributed by atoms with Crippen molar-refractivity contribution >= 4 is 23.9 Å². The molecule has 0 saturated heterocycles. The average Bonchev–Trinajstić information content (AvgIpc) is 2.63. The van der Waals surface area contributed by atoms with Gasteiger partial charge in [0.1, 0.15) is 10.6 Å². The van der Waals surface area contributed by atoms with E-state index in [1.165, 1.54) is 21.7 Å². The van der Waals surface area contributed by atoms with Gasteiger partial charge in [-0.25, -0.2) is 0 Å². The van der Waals surface area contributed by atoms with Crippen LogP contribution < -0.4 is 15.7 Å². The predicted molar refractivity (Wildman–Crippen MR) is 107 cm³/mol. The number of benzene rings is 3. The molecule has 1 N–H and O–H groups in total. The quantitative estimate of drug-likeness (QED) is 0.651. The van der Waals surface area contributed by atoms with Crippen molar-refractivity contribution in [2.45, 2.75) is 13.8 Å². The topological polar surface area (TPSA) is 26.1 Å². The van der Waals surface area contributed by atoms with E-state index in [2.05, 4.69) is 97.8 Å². The molecule has 2 nitrogen and oxygen atoms in total. The summed E-state index contributed by atoms with van der Waals surface area (Å²) < 4.78 is 0. The van der Waals surface area contributed by atoms with Crippen molar-refractivity contribution in [2.75, 3.05) is 7.05 Å². The Bertz CT molecular complexity index is 741. The Kier molecular flexibility index (Phi) is 4.99. The maximum Gasteiger partial charge on any atom is 0.107 e. The molecule has 3 aromatic carbocycles. The Hall–Kier alpha value is -2.15. The summed E-state index contributed by atoms with van der Waals surface area (Å²) in [6.45, 7) is 4.26. The van der Waals surface area contributed by atoms with Gasteiger partial charge >= 0.3 is 0 Å². The Labute approximate surface area is 145 Å². The van der Waals surface area contributed by atoms with Crippen LogP contribution in [0.3, 0.4) is 0 Å². The van der Waals surface area contributed by atoms with E-state index in [0.29, 0.717) is 0 Å². The SMILES string of the molecule is CN[P+]([N-]c1c(C)cccc1C)(c1ccccc1)c1ccccc1. The van der Waals surface area contributed by atoms with Gasteiger partial charge < -0.3 is 5.09 Å². The van der Waals surface area contributed by atoms with Crippen molar-refractivity contribution in [2.24, 2.45) is 0 Å². The van der Waals surface area contributed by atoms with E-state index in [4.69, 9.17) is 5.09 Å². The van der Waals surface area contributed by atoms with Crippen LogP contribution in [-0.4, -0.2) is 7.05 Å². The molecule has 0 aliphatic rings. The molecule has 0 radical (unpaired) electrons. The monoisotopic (exact) mass is 334 g/mol. The third-order valence-electron chi connectivity index (χ3n) is 4.27. The molecule has 0 saturated carbocycles. The standard InChI is InChI=1S/C21H23N2P/c1-17-11-10-12-18(2)21(17)23-24(22-3,19-13-6-4-7-14-19)20-15-8-5-9-16-20/h4-16,22H,1-3H3. The molecule has 0 aliphatic heterocycles. The third kappa shape index (κ3) is 3.08. The number of nitrogens with one attached hydrogen (secondary N) is 1. The van der Waals surface area contributed by atoms with Gasteiger partial charge in [-0.1, -0.05) is 65.7 Å². The van der Waals surface area contributed by atoms with Crippen molar-refractivity contribution in [3.8, 4) is 0 Å². The highest BCUT2D eigenvalue weighted by atomic mass is 31.2. The second-order valence-corrected chi connectivity index (χ2v) is 8.82. The minimum absolute atomic E-state index is 1.09. The van der Waals surface area contributed by atoms with E-state index in [0.717, 1.165) is 5.69 Å². The Morgan fingerprint density at radius 2 is 1.12 bits per heavy atom. The maximum absolute atomic E-state index is 5.35. The van der Waals surface area contributed by atoms with Gasteiger partial charge in [0.2, 0.25) is 0 Å². The van der Waals surface area contributed by atoms with Gasteiger partial charge in [-0.2, -0.15) is 5.09 Å².